The molecule has 0 aliphatic heterocycles. The number of hydrogen-bond donors (Lipinski definition) is 2. The molecule has 0 saturated carbocycles. The van der Waals surface area contributed by atoms with Gasteiger partial charge in [-0.25, -0.2) is 0 Å². The van der Waals surface area contributed by atoms with Crippen LogP contribution in [0.3, 0.4) is 0 Å². The average Bonchev–Trinajstić information content (AvgIpc) is 2.43. The molecule has 1 aromatic carbocycles. The highest BCUT2D eigenvalue weighted by molar-refractivity contribution is 6.31. The summed E-state index contributed by atoms with van der Waals surface area (Å²) in [4.78, 5) is 23.4. The van der Waals surface area contributed by atoms with Gasteiger partial charge in [0.1, 0.15) is 0 Å². The number of benzene rings is 1. The van der Waals surface area contributed by atoms with Crippen LogP contribution in [0, 0.1) is 18.8 Å². The van der Waals surface area contributed by atoms with Gasteiger partial charge < -0.3 is 10.4 Å². The normalized spacial score (nSPS) is 21.5. The lowest BCUT2D eigenvalue weighted by atomic mass is 9.82. The molecule has 2 rings (SSSR count). The number of carbonyl (C=O) groups excluding carboxylic acids is 1. The monoisotopic (exact) mass is 293 g/mol. The molecular formula is C15H16ClNO3. The van der Waals surface area contributed by atoms with Crippen molar-refractivity contribution in [3.05, 3.63) is 40.9 Å². The molecule has 1 aliphatic carbocycles. The first-order valence-corrected chi connectivity index (χ1v) is 6.81. The van der Waals surface area contributed by atoms with Crippen molar-refractivity contribution in [3.8, 4) is 0 Å². The zero-order valence-electron chi connectivity index (χ0n) is 11.1. The molecular weight excluding hydrogens is 278 g/mol. The maximum Gasteiger partial charge on any atom is 0.307 e. The highest BCUT2D eigenvalue weighted by Gasteiger charge is 2.33. The van der Waals surface area contributed by atoms with Crippen molar-refractivity contribution in [2.75, 3.05) is 5.32 Å². The fourth-order valence-electron chi connectivity index (χ4n) is 2.28. The predicted molar refractivity (Wildman–Crippen MR) is 77.8 cm³/mol. The van der Waals surface area contributed by atoms with Gasteiger partial charge in [-0.1, -0.05) is 29.8 Å². The first kappa shape index (κ1) is 14.6. The van der Waals surface area contributed by atoms with Crippen LogP contribution in [0.25, 0.3) is 0 Å². The van der Waals surface area contributed by atoms with Gasteiger partial charge in [-0.05, 0) is 37.5 Å². The molecule has 2 atom stereocenters. The smallest absolute Gasteiger partial charge is 0.307 e. The van der Waals surface area contributed by atoms with E-state index in [4.69, 9.17) is 16.7 Å². The van der Waals surface area contributed by atoms with Crippen LogP contribution < -0.4 is 5.32 Å². The average molecular weight is 294 g/mol. The molecule has 0 unspecified atom stereocenters. The topological polar surface area (TPSA) is 66.4 Å². The number of allylic oxidation sites excluding steroid dienone is 2. The summed E-state index contributed by atoms with van der Waals surface area (Å²) in [5.74, 6) is -2.42. The third-order valence-electron chi connectivity index (χ3n) is 3.53. The summed E-state index contributed by atoms with van der Waals surface area (Å²) in [6.45, 7) is 1.88. The molecule has 106 valence electrons. The van der Waals surface area contributed by atoms with Crippen molar-refractivity contribution < 1.29 is 14.7 Å². The number of carboxylic acids is 1. The number of anilines is 1. The third kappa shape index (κ3) is 3.20. The van der Waals surface area contributed by atoms with Crippen LogP contribution in [-0.2, 0) is 9.59 Å². The minimum Gasteiger partial charge on any atom is -0.481 e. The molecule has 0 aromatic heterocycles. The largest absolute Gasteiger partial charge is 0.481 e. The highest BCUT2D eigenvalue weighted by atomic mass is 35.5. The van der Waals surface area contributed by atoms with Gasteiger partial charge in [0.05, 0.1) is 11.8 Å². The van der Waals surface area contributed by atoms with Crippen molar-refractivity contribution in [3.63, 3.8) is 0 Å². The quantitative estimate of drug-likeness (QED) is 0.841. The second-order valence-electron chi connectivity index (χ2n) is 4.95. The van der Waals surface area contributed by atoms with Crippen LogP contribution in [0.5, 0.6) is 0 Å². The van der Waals surface area contributed by atoms with Crippen molar-refractivity contribution in [1.82, 2.24) is 0 Å². The van der Waals surface area contributed by atoms with E-state index in [1.807, 2.05) is 25.1 Å². The van der Waals surface area contributed by atoms with E-state index >= 15 is 0 Å². The number of amides is 1. The SMILES string of the molecule is Cc1ccc(NC(=O)[C@@H]2CC=CC[C@H]2C(=O)O)cc1Cl. The lowest BCUT2D eigenvalue weighted by Gasteiger charge is -2.24. The van der Waals surface area contributed by atoms with E-state index in [0.717, 1.165) is 5.56 Å². The number of hydrogen-bond acceptors (Lipinski definition) is 2. The van der Waals surface area contributed by atoms with Crippen molar-refractivity contribution in [2.45, 2.75) is 19.8 Å². The molecule has 4 nitrogen and oxygen atoms in total. The summed E-state index contributed by atoms with van der Waals surface area (Å²) >= 11 is 6.01. The Morgan fingerprint density at radius 1 is 1.25 bits per heavy atom. The van der Waals surface area contributed by atoms with Gasteiger partial charge >= 0.3 is 5.97 Å². The lowest BCUT2D eigenvalue weighted by molar-refractivity contribution is -0.146. The predicted octanol–water partition coefficient (Wildman–Crippen LogP) is 3.25. The molecule has 20 heavy (non-hydrogen) atoms. The molecule has 5 heteroatoms. The Hall–Kier alpha value is -1.81. The van der Waals surface area contributed by atoms with Crippen LogP contribution in [-0.4, -0.2) is 17.0 Å². The van der Waals surface area contributed by atoms with E-state index in [1.165, 1.54) is 0 Å². The Balaban J connectivity index is 2.12. The van der Waals surface area contributed by atoms with Crippen molar-refractivity contribution in [2.24, 2.45) is 11.8 Å². The number of aryl methyl sites for hydroxylation is 1. The van der Waals surface area contributed by atoms with E-state index in [-0.39, 0.29) is 5.91 Å². The number of rotatable bonds is 3. The molecule has 0 radical (unpaired) electrons. The van der Waals surface area contributed by atoms with Crippen molar-refractivity contribution in [1.29, 1.82) is 0 Å². The minimum atomic E-state index is -0.934. The number of aliphatic carboxylic acids is 1. The molecule has 2 N–H and O–H groups in total. The lowest BCUT2D eigenvalue weighted by Crippen LogP contribution is -2.34. The first-order valence-electron chi connectivity index (χ1n) is 6.44. The zero-order chi connectivity index (χ0) is 14.7. The molecule has 0 bridgehead atoms. The summed E-state index contributed by atoms with van der Waals surface area (Å²) in [7, 11) is 0. The second kappa shape index (κ2) is 6.09. The van der Waals surface area contributed by atoms with E-state index < -0.39 is 17.8 Å². The standard InChI is InChI=1S/C15H16ClNO3/c1-9-6-7-10(8-13(9)16)17-14(18)11-4-2-3-5-12(11)15(19)20/h2-3,6-8,11-12H,4-5H2,1H3,(H,17,18)(H,19,20)/t11-,12-/m1/s1. The fourth-order valence-corrected chi connectivity index (χ4v) is 2.46. The van der Waals surface area contributed by atoms with Crippen LogP contribution in [0.4, 0.5) is 5.69 Å². The van der Waals surface area contributed by atoms with Crippen molar-refractivity contribution >= 4 is 29.2 Å². The second-order valence-corrected chi connectivity index (χ2v) is 5.35. The minimum absolute atomic E-state index is 0.276. The molecule has 0 saturated heterocycles. The molecule has 0 fully saturated rings. The van der Waals surface area contributed by atoms with E-state index in [1.54, 1.807) is 12.1 Å². The molecule has 1 aromatic rings. The highest BCUT2D eigenvalue weighted by Crippen LogP contribution is 2.28. The number of carbonyl (C=O) groups is 2. The molecule has 0 heterocycles. The van der Waals surface area contributed by atoms with Gasteiger partial charge in [-0.3, -0.25) is 9.59 Å². The molecule has 0 spiro atoms. The van der Waals surface area contributed by atoms with Crippen LogP contribution in [0.1, 0.15) is 18.4 Å². The summed E-state index contributed by atoms with van der Waals surface area (Å²) in [5.41, 5.74) is 1.51. The maximum atomic E-state index is 12.2. The molecule has 1 amide bonds. The van der Waals surface area contributed by atoms with Gasteiger partial charge in [0.2, 0.25) is 5.91 Å². The summed E-state index contributed by atoms with van der Waals surface area (Å²) in [6.07, 6.45) is 4.50. The molecule has 1 aliphatic rings. The maximum absolute atomic E-state index is 12.2. The Morgan fingerprint density at radius 2 is 1.90 bits per heavy atom. The van der Waals surface area contributed by atoms with Gasteiger partial charge in [-0.15, -0.1) is 0 Å². The van der Waals surface area contributed by atoms with E-state index in [2.05, 4.69) is 5.32 Å². The van der Waals surface area contributed by atoms with Crippen LogP contribution >= 0.6 is 11.6 Å². The third-order valence-corrected chi connectivity index (χ3v) is 3.93. The van der Waals surface area contributed by atoms with Gasteiger partial charge in [-0.2, -0.15) is 0 Å². The number of halogens is 1. The summed E-state index contributed by atoms with van der Waals surface area (Å²) in [6, 6.07) is 5.24. The van der Waals surface area contributed by atoms with Crippen LogP contribution in [0.15, 0.2) is 30.4 Å². The van der Waals surface area contributed by atoms with Crippen LogP contribution in [0.2, 0.25) is 5.02 Å². The number of carboxylic acid groups (broad SMARTS) is 1. The Morgan fingerprint density at radius 3 is 2.50 bits per heavy atom. The first-order chi connectivity index (χ1) is 9.49. The number of nitrogens with one attached hydrogen (secondary N) is 1. The van der Waals surface area contributed by atoms with Gasteiger partial charge in [0.15, 0.2) is 0 Å². The summed E-state index contributed by atoms with van der Waals surface area (Å²) < 4.78 is 0. The Kier molecular flexibility index (Phi) is 4.45. The van der Waals surface area contributed by atoms with E-state index in [9.17, 15) is 9.59 Å². The van der Waals surface area contributed by atoms with Gasteiger partial charge in [0, 0.05) is 10.7 Å². The fraction of sp³-hybridized carbons (Fsp3) is 0.333. The van der Waals surface area contributed by atoms with E-state index in [0.29, 0.717) is 23.6 Å². The Bertz CT molecular complexity index is 568. The zero-order valence-corrected chi connectivity index (χ0v) is 11.9. The van der Waals surface area contributed by atoms with Gasteiger partial charge in [0.25, 0.3) is 0 Å². The summed E-state index contributed by atoms with van der Waals surface area (Å²) in [5, 5.41) is 12.5. The Labute approximate surface area is 122 Å².